The third-order valence-corrected chi connectivity index (χ3v) is 5.27. The van der Waals surface area contributed by atoms with E-state index in [1.54, 1.807) is 39.9 Å². The van der Waals surface area contributed by atoms with Crippen molar-refractivity contribution < 1.29 is 40.4 Å². The minimum Gasteiger partial charge on any atom is -0.474 e. The number of hydrogen-bond acceptors (Lipinski definition) is 7. The Bertz CT molecular complexity index is 1270. The number of carbonyl (C=O) groups is 1. The van der Waals surface area contributed by atoms with Crippen LogP contribution < -0.4 is 5.32 Å². The van der Waals surface area contributed by atoms with Crippen molar-refractivity contribution in [2.75, 3.05) is 12.4 Å². The molecule has 9 nitrogen and oxygen atoms in total. The fraction of sp³-hybridized carbons (Fsp3) is 0.192. The van der Waals surface area contributed by atoms with E-state index < -0.39 is 5.95 Å². The van der Waals surface area contributed by atoms with E-state index in [-0.39, 0.29) is 27.0 Å². The van der Waals surface area contributed by atoms with Crippen LogP contribution in [-0.4, -0.2) is 42.4 Å². The molecule has 0 atom stereocenters. The number of anilines is 1. The van der Waals surface area contributed by atoms with Crippen molar-refractivity contribution in [3.8, 4) is 0 Å². The minimum absolute atomic E-state index is 0. The Balaban J connectivity index is 0.00000157. The molecule has 12 heteroatoms. The molecule has 4 heterocycles. The number of aromatic nitrogens is 5. The van der Waals surface area contributed by atoms with Crippen molar-refractivity contribution in [3.05, 3.63) is 103 Å². The van der Waals surface area contributed by atoms with Crippen LogP contribution in [-0.2, 0) is 32.5 Å². The summed E-state index contributed by atoms with van der Waals surface area (Å²) in [5, 5.41) is 12.2. The van der Waals surface area contributed by atoms with E-state index in [0.717, 1.165) is 22.6 Å². The number of halogens is 1. The van der Waals surface area contributed by atoms with Gasteiger partial charge in [-0.25, -0.2) is 14.9 Å². The number of carbonyl (C=O) groups excluding carboxylic acids is 1. The molecule has 0 bridgehead atoms. The van der Waals surface area contributed by atoms with Gasteiger partial charge in [0.15, 0.2) is 5.13 Å². The molecule has 0 saturated heterocycles. The zero-order valence-corrected chi connectivity index (χ0v) is 25.5. The van der Waals surface area contributed by atoms with E-state index in [0.29, 0.717) is 17.4 Å². The number of hydrogen-bond donors (Lipinski definition) is 2. The number of pyridine rings is 1. The maximum atomic E-state index is 13.3. The van der Waals surface area contributed by atoms with Crippen LogP contribution in [0.1, 0.15) is 47.0 Å². The SMILES string of the molecule is C=C.CC.COO.[CH2-]n1cnc(/C=C/c2csc(NC(=O)c3cccn3Cc3ccnc(F)c3)n2)c1C.[W]. The standard InChI is InChI=1S/C21H18FN6OS.C2H6.C2H4.CH4O2.W/c1-14-17(24-13-27(14)2)6-5-16-12-30-21(25-16)26-20(29)18-4-3-9-28(18)11-15-7-8-23-19(22)10-15;2*1-2;1-3-2;/h3-10,12-13H,2,11H2,1H3,(H,25,26,29);1-2H3;1-2H2;2H,1H3;/q-1;;;;/b6-5+;;;;. The Morgan fingerprint density at radius 2 is 1.97 bits per heavy atom. The number of amides is 1. The summed E-state index contributed by atoms with van der Waals surface area (Å²) in [6.45, 7) is 12.3. The van der Waals surface area contributed by atoms with Gasteiger partial charge in [0, 0.05) is 51.1 Å². The Labute approximate surface area is 240 Å². The number of thiazole rings is 1. The molecule has 0 aromatic carbocycles. The van der Waals surface area contributed by atoms with Gasteiger partial charge in [-0.1, -0.05) is 26.5 Å². The van der Waals surface area contributed by atoms with E-state index in [1.165, 1.54) is 30.7 Å². The zero-order valence-electron chi connectivity index (χ0n) is 21.8. The maximum Gasteiger partial charge on any atom is 0.274 e. The molecular formula is C26H32FN6O3SW-. The first-order valence-corrected chi connectivity index (χ1v) is 12.0. The summed E-state index contributed by atoms with van der Waals surface area (Å²) in [5.74, 6) is -0.836. The minimum atomic E-state index is -0.550. The zero-order chi connectivity index (χ0) is 27.8. The quantitative estimate of drug-likeness (QED) is 0.0833. The monoisotopic (exact) mass is 711 g/mol. The molecule has 0 fully saturated rings. The van der Waals surface area contributed by atoms with Gasteiger partial charge in [0.2, 0.25) is 5.95 Å². The summed E-state index contributed by atoms with van der Waals surface area (Å²) in [5.41, 5.74) is 3.65. The second-order valence-electron chi connectivity index (χ2n) is 6.74. The summed E-state index contributed by atoms with van der Waals surface area (Å²) in [7, 11) is 5.01. The number of nitrogens with zero attached hydrogens (tertiary/aromatic N) is 5. The fourth-order valence-electron chi connectivity index (χ4n) is 2.86. The van der Waals surface area contributed by atoms with E-state index >= 15 is 0 Å². The topological polar surface area (TPSA) is 107 Å². The van der Waals surface area contributed by atoms with Crippen molar-refractivity contribution in [1.82, 2.24) is 24.1 Å². The average molecular weight is 711 g/mol. The van der Waals surface area contributed by atoms with Crippen molar-refractivity contribution in [2.24, 2.45) is 0 Å². The third kappa shape index (κ3) is 10.5. The molecule has 0 spiro atoms. The average Bonchev–Trinajstić information content (AvgIpc) is 3.63. The molecular weight excluding hydrogens is 679 g/mol. The molecule has 0 aliphatic rings. The molecule has 38 heavy (non-hydrogen) atoms. The van der Waals surface area contributed by atoms with Gasteiger partial charge < -0.3 is 14.1 Å². The van der Waals surface area contributed by atoms with Gasteiger partial charge in [0.05, 0.1) is 12.8 Å². The molecule has 204 valence electrons. The van der Waals surface area contributed by atoms with Crippen molar-refractivity contribution in [1.29, 1.82) is 0 Å². The number of imidazole rings is 1. The summed E-state index contributed by atoms with van der Waals surface area (Å²) in [6, 6.07) is 6.54. The Morgan fingerprint density at radius 1 is 1.29 bits per heavy atom. The molecule has 0 radical (unpaired) electrons. The maximum absolute atomic E-state index is 13.3. The van der Waals surface area contributed by atoms with Gasteiger partial charge in [-0.15, -0.1) is 31.5 Å². The summed E-state index contributed by atoms with van der Waals surface area (Å²) >= 11 is 1.33. The third-order valence-electron chi connectivity index (χ3n) is 4.50. The smallest absolute Gasteiger partial charge is 0.274 e. The summed E-state index contributed by atoms with van der Waals surface area (Å²) < 4.78 is 16.8. The summed E-state index contributed by atoms with van der Waals surface area (Å²) in [6.07, 6.45) is 8.52. The van der Waals surface area contributed by atoms with Crippen molar-refractivity contribution in [2.45, 2.75) is 27.3 Å². The molecule has 0 saturated carbocycles. The van der Waals surface area contributed by atoms with Crippen LogP contribution in [0.15, 0.2) is 61.5 Å². The molecule has 1 amide bonds. The van der Waals surface area contributed by atoms with Crippen LogP contribution >= 0.6 is 11.3 Å². The second kappa shape index (κ2) is 18.8. The van der Waals surface area contributed by atoms with Crippen molar-refractivity contribution in [3.63, 3.8) is 0 Å². The molecule has 0 aliphatic heterocycles. The van der Waals surface area contributed by atoms with Gasteiger partial charge in [-0.3, -0.25) is 15.4 Å². The van der Waals surface area contributed by atoms with Crippen LogP contribution in [0.5, 0.6) is 0 Å². The molecule has 4 rings (SSSR count). The number of rotatable bonds is 6. The van der Waals surface area contributed by atoms with Gasteiger partial charge >= 0.3 is 0 Å². The van der Waals surface area contributed by atoms with E-state index in [9.17, 15) is 9.18 Å². The van der Waals surface area contributed by atoms with E-state index in [1.807, 2.05) is 38.3 Å². The predicted molar refractivity (Wildman–Crippen MR) is 147 cm³/mol. The first kappa shape index (κ1) is 34.6. The first-order valence-electron chi connectivity index (χ1n) is 11.1. The van der Waals surface area contributed by atoms with Gasteiger partial charge in [-0.2, -0.15) is 4.39 Å². The van der Waals surface area contributed by atoms with E-state index in [2.05, 4.69) is 45.4 Å². The molecule has 2 N–H and O–H groups in total. The Morgan fingerprint density at radius 3 is 2.58 bits per heavy atom. The van der Waals surface area contributed by atoms with Gasteiger partial charge in [-0.05, 0) is 48.3 Å². The fourth-order valence-corrected chi connectivity index (χ4v) is 3.54. The Kier molecular flexibility index (Phi) is 17.1. The van der Waals surface area contributed by atoms with Crippen LogP contribution in [0.2, 0.25) is 0 Å². The van der Waals surface area contributed by atoms with Crippen LogP contribution in [0.4, 0.5) is 9.52 Å². The van der Waals surface area contributed by atoms with Crippen LogP contribution in [0.25, 0.3) is 12.2 Å². The van der Waals surface area contributed by atoms with Crippen molar-refractivity contribution >= 4 is 34.5 Å². The largest absolute Gasteiger partial charge is 0.474 e. The Hall–Kier alpha value is -3.37. The van der Waals surface area contributed by atoms with Crippen LogP contribution in [0, 0.1) is 19.9 Å². The number of nitrogens with one attached hydrogen (secondary N) is 1. The van der Waals surface area contributed by atoms with Gasteiger partial charge in [0.25, 0.3) is 5.91 Å². The first-order chi connectivity index (χ1) is 17.9. The second-order valence-corrected chi connectivity index (χ2v) is 7.60. The van der Waals surface area contributed by atoms with Crippen LogP contribution in [0.3, 0.4) is 0 Å². The van der Waals surface area contributed by atoms with E-state index in [4.69, 9.17) is 5.26 Å². The molecule has 0 aliphatic carbocycles. The predicted octanol–water partition coefficient (Wildman–Crippen LogP) is 6.03. The van der Waals surface area contributed by atoms with Gasteiger partial charge in [0.1, 0.15) is 5.69 Å². The molecule has 4 aromatic rings. The molecule has 4 aromatic heterocycles. The normalized spacial score (nSPS) is 9.63. The summed E-state index contributed by atoms with van der Waals surface area (Å²) in [4.78, 5) is 28.2. The molecule has 0 unspecified atom stereocenters.